The Bertz CT molecular complexity index is 483. The van der Waals surface area contributed by atoms with Crippen molar-refractivity contribution < 1.29 is 19.4 Å². The fraction of sp³-hybridized carbons (Fsp3) is 0.588. The Hall–Kier alpha value is -1.59. The highest BCUT2D eigenvalue weighted by atomic mass is 16.5. The molecule has 0 aromatic heterocycles. The molecule has 1 aromatic carbocycles. The van der Waals surface area contributed by atoms with Gasteiger partial charge in [-0.3, -0.25) is 4.79 Å². The maximum atomic E-state index is 11.5. The quantitative estimate of drug-likeness (QED) is 0.815. The third kappa shape index (κ3) is 4.45. The van der Waals surface area contributed by atoms with Crippen LogP contribution in [0, 0.1) is 5.92 Å². The predicted octanol–water partition coefficient (Wildman–Crippen LogP) is 2.00. The van der Waals surface area contributed by atoms with Gasteiger partial charge in [0.15, 0.2) is 0 Å². The summed E-state index contributed by atoms with van der Waals surface area (Å²) in [6, 6.07) is 7.54. The lowest BCUT2D eigenvalue weighted by Gasteiger charge is -2.31. The van der Waals surface area contributed by atoms with E-state index in [2.05, 4.69) is 4.90 Å². The molecule has 1 saturated heterocycles. The maximum Gasteiger partial charge on any atom is 0.308 e. The standard InChI is InChI=1S/C17H25NO4/c1-21-15-5-3-4-14(12-15)16(19)8-11-18-9-6-13(7-10-18)17(20)22-2/h3-5,12-13,16,19H,6-11H2,1-2H3. The Kier molecular flexibility index (Phi) is 6.21. The van der Waals surface area contributed by atoms with Gasteiger partial charge in [0.05, 0.1) is 26.2 Å². The number of benzene rings is 1. The van der Waals surface area contributed by atoms with Crippen LogP contribution in [-0.2, 0) is 9.53 Å². The first kappa shape index (κ1) is 16.8. The lowest BCUT2D eigenvalue weighted by atomic mass is 9.96. The van der Waals surface area contributed by atoms with Crippen LogP contribution in [0.3, 0.4) is 0 Å². The Labute approximate surface area is 131 Å². The van der Waals surface area contributed by atoms with Crippen molar-refractivity contribution in [3.63, 3.8) is 0 Å². The highest BCUT2D eigenvalue weighted by Crippen LogP contribution is 2.23. The van der Waals surface area contributed by atoms with Gasteiger partial charge in [0.1, 0.15) is 5.75 Å². The summed E-state index contributed by atoms with van der Waals surface area (Å²) in [5.74, 6) is 0.691. The van der Waals surface area contributed by atoms with Crippen LogP contribution in [0.4, 0.5) is 0 Å². The number of hydrogen-bond donors (Lipinski definition) is 1. The van der Waals surface area contributed by atoms with Gasteiger partial charge in [-0.05, 0) is 50.0 Å². The van der Waals surface area contributed by atoms with Crippen molar-refractivity contribution in [3.05, 3.63) is 29.8 Å². The zero-order chi connectivity index (χ0) is 15.9. The number of esters is 1. The summed E-state index contributed by atoms with van der Waals surface area (Å²) in [4.78, 5) is 13.8. The molecule has 1 N–H and O–H groups in total. The van der Waals surface area contributed by atoms with Crippen molar-refractivity contribution in [2.24, 2.45) is 5.92 Å². The average molecular weight is 307 g/mol. The monoisotopic (exact) mass is 307 g/mol. The van der Waals surface area contributed by atoms with Crippen LogP contribution in [0.25, 0.3) is 0 Å². The fourth-order valence-corrected chi connectivity index (χ4v) is 2.88. The molecule has 1 heterocycles. The number of aliphatic hydroxyl groups is 1. The van der Waals surface area contributed by atoms with Gasteiger partial charge in [0.2, 0.25) is 0 Å². The van der Waals surface area contributed by atoms with E-state index in [1.807, 2.05) is 24.3 Å². The lowest BCUT2D eigenvalue weighted by Crippen LogP contribution is -2.37. The molecule has 22 heavy (non-hydrogen) atoms. The van der Waals surface area contributed by atoms with Crippen LogP contribution in [0.1, 0.15) is 30.9 Å². The third-order valence-corrected chi connectivity index (χ3v) is 4.32. The summed E-state index contributed by atoms with van der Waals surface area (Å²) in [5.41, 5.74) is 0.879. The van der Waals surface area contributed by atoms with Gasteiger partial charge in [-0.15, -0.1) is 0 Å². The molecule has 0 spiro atoms. The van der Waals surface area contributed by atoms with Gasteiger partial charge >= 0.3 is 5.97 Å². The van der Waals surface area contributed by atoms with Crippen LogP contribution in [0.5, 0.6) is 5.75 Å². The number of rotatable bonds is 6. The van der Waals surface area contributed by atoms with E-state index in [9.17, 15) is 9.90 Å². The minimum atomic E-state index is -0.492. The third-order valence-electron chi connectivity index (χ3n) is 4.32. The molecular weight excluding hydrogens is 282 g/mol. The molecule has 1 aromatic rings. The van der Waals surface area contributed by atoms with Crippen LogP contribution in [-0.4, -0.2) is 49.8 Å². The summed E-state index contributed by atoms with van der Waals surface area (Å²) in [6.45, 7) is 2.58. The van der Waals surface area contributed by atoms with E-state index in [1.54, 1.807) is 7.11 Å². The summed E-state index contributed by atoms with van der Waals surface area (Å²) in [7, 11) is 3.07. The molecule has 5 heteroatoms. The Morgan fingerprint density at radius 1 is 1.36 bits per heavy atom. The molecule has 0 amide bonds. The molecule has 1 aliphatic heterocycles. The van der Waals surface area contributed by atoms with Crippen LogP contribution in [0.15, 0.2) is 24.3 Å². The highest BCUT2D eigenvalue weighted by molar-refractivity contribution is 5.72. The molecule has 5 nitrogen and oxygen atoms in total. The molecule has 1 aliphatic rings. The molecule has 0 bridgehead atoms. The van der Waals surface area contributed by atoms with Crippen LogP contribution < -0.4 is 4.74 Å². The normalized spacial score (nSPS) is 18.0. The Morgan fingerprint density at radius 3 is 2.73 bits per heavy atom. The number of nitrogens with zero attached hydrogens (tertiary/aromatic N) is 1. The van der Waals surface area contributed by atoms with Crippen LogP contribution in [0.2, 0.25) is 0 Å². The molecule has 2 rings (SSSR count). The zero-order valence-electron chi connectivity index (χ0n) is 13.3. The number of hydrogen-bond acceptors (Lipinski definition) is 5. The topological polar surface area (TPSA) is 59.0 Å². The highest BCUT2D eigenvalue weighted by Gasteiger charge is 2.25. The van der Waals surface area contributed by atoms with Crippen molar-refractivity contribution in [1.29, 1.82) is 0 Å². The second kappa shape index (κ2) is 8.15. The largest absolute Gasteiger partial charge is 0.497 e. The second-order valence-electron chi connectivity index (χ2n) is 5.72. The molecule has 0 radical (unpaired) electrons. The van der Waals surface area contributed by atoms with E-state index in [0.717, 1.165) is 43.8 Å². The SMILES string of the molecule is COC(=O)C1CCN(CCC(O)c2cccc(OC)c2)CC1. The molecule has 0 saturated carbocycles. The molecule has 122 valence electrons. The summed E-state index contributed by atoms with van der Waals surface area (Å²) in [6.07, 6.45) is 1.85. The van der Waals surface area contributed by atoms with E-state index in [4.69, 9.17) is 9.47 Å². The molecule has 1 atom stereocenters. The van der Waals surface area contributed by atoms with E-state index < -0.39 is 6.10 Å². The summed E-state index contributed by atoms with van der Waals surface area (Å²) < 4.78 is 9.97. The van der Waals surface area contributed by atoms with Crippen molar-refractivity contribution in [2.45, 2.75) is 25.4 Å². The Morgan fingerprint density at radius 2 is 2.09 bits per heavy atom. The smallest absolute Gasteiger partial charge is 0.308 e. The van der Waals surface area contributed by atoms with E-state index in [-0.39, 0.29) is 11.9 Å². The Balaban J connectivity index is 1.77. The van der Waals surface area contributed by atoms with Gasteiger partial charge < -0.3 is 19.5 Å². The number of aliphatic hydroxyl groups excluding tert-OH is 1. The first-order valence-electron chi connectivity index (χ1n) is 7.76. The van der Waals surface area contributed by atoms with E-state index in [0.29, 0.717) is 6.42 Å². The van der Waals surface area contributed by atoms with Crippen molar-refractivity contribution in [2.75, 3.05) is 33.9 Å². The average Bonchev–Trinajstić information content (AvgIpc) is 2.59. The number of ether oxygens (including phenoxy) is 2. The minimum Gasteiger partial charge on any atom is -0.497 e. The maximum absolute atomic E-state index is 11.5. The summed E-state index contributed by atoms with van der Waals surface area (Å²) >= 11 is 0. The first-order chi connectivity index (χ1) is 10.6. The molecular formula is C17H25NO4. The number of likely N-dealkylation sites (tertiary alicyclic amines) is 1. The fourth-order valence-electron chi connectivity index (χ4n) is 2.88. The van der Waals surface area contributed by atoms with Gasteiger partial charge in [-0.1, -0.05) is 12.1 Å². The number of methoxy groups -OCH3 is 2. The van der Waals surface area contributed by atoms with E-state index in [1.165, 1.54) is 7.11 Å². The second-order valence-corrected chi connectivity index (χ2v) is 5.72. The van der Waals surface area contributed by atoms with E-state index >= 15 is 0 Å². The zero-order valence-corrected chi connectivity index (χ0v) is 13.3. The molecule has 0 aliphatic carbocycles. The van der Waals surface area contributed by atoms with Crippen LogP contribution >= 0.6 is 0 Å². The van der Waals surface area contributed by atoms with Gasteiger partial charge in [0, 0.05) is 6.54 Å². The predicted molar refractivity (Wildman–Crippen MR) is 83.8 cm³/mol. The lowest BCUT2D eigenvalue weighted by molar-refractivity contribution is -0.147. The molecule has 1 unspecified atom stereocenters. The van der Waals surface area contributed by atoms with Gasteiger partial charge in [0.25, 0.3) is 0 Å². The van der Waals surface area contributed by atoms with Crippen molar-refractivity contribution in [1.82, 2.24) is 4.90 Å². The number of piperidine rings is 1. The first-order valence-corrected chi connectivity index (χ1v) is 7.76. The summed E-state index contributed by atoms with van der Waals surface area (Å²) in [5, 5.41) is 10.3. The number of carbonyl (C=O) groups excluding carboxylic acids is 1. The number of carbonyl (C=O) groups is 1. The van der Waals surface area contributed by atoms with Crippen molar-refractivity contribution >= 4 is 5.97 Å². The van der Waals surface area contributed by atoms with Gasteiger partial charge in [-0.2, -0.15) is 0 Å². The molecule has 1 fully saturated rings. The van der Waals surface area contributed by atoms with Gasteiger partial charge in [-0.25, -0.2) is 0 Å². The minimum absolute atomic E-state index is 0.0320. The van der Waals surface area contributed by atoms with Crippen molar-refractivity contribution in [3.8, 4) is 5.75 Å².